The highest BCUT2D eigenvalue weighted by molar-refractivity contribution is 6.31. The van der Waals surface area contributed by atoms with E-state index >= 15 is 0 Å². The monoisotopic (exact) mass is 295 g/mol. The number of nitrogens with zero attached hydrogens (tertiary/aromatic N) is 1. The van der Waals surface area contributed by atoms with E-state index in [1.165, 1.54) is 0 Å². The Bertz CT molecular complexity index is 516. The molecule has 4 nitrogen and oxygen atoms in total. The van der Waals surface area contributed by atoms with Crippen LogP contribution in [0.1, 0.15) is 33.6 Å². The number of nitrogen functional groups attached to an aromatic ring is 1. The van der Waals surface area contributed by atoms with Gasteiger partial charge in [0.1, 0.15) is 0 Å². The van der Waals surface area contributed by atoms with Gasteiger partial charge in [-0.05, 0) is 58.4 Å². The number of carbonyl (C=O) groups excluding carboxylic acids is 1. The van der Waals surface area contributed by atoms with E-state index in [0.29, 0.717) is 16.4 Å². The number of amides is 1. The fourth-order valence-corrected chi connectivity index (χ4v) is 3.05. The Hall–Kier alpha value is -1.26. The van der Waals surface area contributed by atoms with Crippen molar-refractivity contribution < 1.29 is 4.79 Å². The van der Waals surface area contributed by atoms with Gasteiger partial charge in [-0.15, -0.1) is 0 Å². The molecule has 0 aromatic heterocycles. The van der Waals surface area contributed by atoms with Crippen molar-refractivity contribution in [3.8, 4) is 0 Å². The number of carbonyl (C=O) groups is 1. The second-order valence-corrected chi connectivity index (χ2v) is 6.44. The number of nitrogens with one attached hydrogen (secondary N) is 1. The van der Waals surface area contributed by atoms with Crippen LogP contribution in [0.15, 0.2) is 18.2 Å². The number of likely N-dealkylation sites (tertiary alicyclic amines) is 1. The van der Waals surface area contributed by atoms with Gasteiger partial charge < -0.3 is 11.1 Å². The van der Waals surface area contributed by atoms with Gasteiger partial charge in [0.05, 0.1) is 17.4 Å². The lowest BCUT2D eigenvalue weighted by Crippen LogP contribution is -2.49. The highest BCUT2D eigenvalue weighted by Gasteiger charge is 2.37. The molecule has 2 rings (SSSR count). The Balaban J connectivity index is 2.08. The third kappa shape index (κ3) is 3.07. The van der Waals surface area contributed by atoms with Crippen molar-refractivity contribution in [1.82, 2.24) is 4.90 Å². The first-order valence-electron chi connectivity index (χ1n) is 6.94. The molecule has 0 saturated carbocycles. The van der Waals surface area contributed by atoms with Crippen LogP contribution in [0.25, 0.3) is 0 Å². The van der Waals surface area contributed by atoms with Crippen LogP contribution in [0.3, 0.4) is 0 Å². The third-order valence-corrected chi connectivity index (χ3v) is 4.32. The molecule has 3 N–H and O–H groups in total. The average Bonchev–Trinajstić information content (AvgIpc) is 2.71. The summed E-state index contributed by atoms with van der Waals surface area (Å²) in [5.74, 6) is -0.0333. The molecule has 0 spiro atoms. The van der Waals surface area contributed by atoms with E-state index in [1.807, 2.05) is 6.92 Å². The van der Waals surface area contributed by atoms with Gasteiger partial charge in [0.25, 0.3) is 0 Å². The zero-order chi connectivity index (χ0) is 14.9. The molecule has 0 radical (unpaired) electrons. The molecule has 1 heterocycles. The molecule has 1 aliphatic heterocycles. The maximum atomic E-state index is 12.4. The minimum Gasteiger partial charge on any atom is -0.397 e. The summed E-state index contributed by atoms with van der Waals surface area (Å²) >= 11 is 5.86. The van der Waals surface area contributed by atoms with Crippen LogP contribution in [-0.2, 0) is 4.79 Å². The maximum Gasteiger partial charge on any atom is 0.241 e. The Morgan fingerprint density at radius 3 is 2.75 bits per heavy atom. The zero-order valence-corrected chi connectivity index (χ0v) is 13.0. The minimum absolute atomic E-state index is 0.0333. The van der Waals surface area contributed by atoms with Crippen LogP contribution in [0.4, 0.5) is 11.4 Å². The topological polar surface area (TPSA) is 58.4 Å². The molecule has 1 aromatic carbocycles. The number of hydrogen-bond acceptors (Lipinski definition) is 3. The standard InChI is InChI=1S/C15H22ClN3O/c1-10(19-8-4-7-15(19,2)3)14(20)18-13-6-5-11(16)9-12(13)17/h5-6,9-10H,4,7-8,17H2,1-3H3,(H,18,20). The van der Waals surface area contributed by atoms with Crippen molar-refractivity contribution in [1.29, 1.82) is 0 Å². The molecule has 0 bridgehead atoms. The first-order valence-corrected chi connectivity index (χ1v) is 7.32. The normalized spacial score (nSPS) is 19.8. The fourth-order valence-electron chi connectivity index (χ4n) is 2.87. The third-order valence-electron chi connectivity index (χ3n) is 4.08. The van der Waals surface area contributed by atoms with E-state index in [4.69, 9.17) is 17.3 Å². The molecular weight excluding hydrogens is 274 g/mol. The van der Waals surface area contributed by atoms with E-state index in [1.54, 1.807) is 18.2 Å². The second-order valence-electron chi connectivity index (χ2n) is 6.01. The molecule has 1 saturated heterocycles. The predicted octanol–water partition coefficient (Wildman–Crippen LogP) is 3.12. The number of rotatable bonds is 3. The van der Waals surface area contributed by atoms with Gasteiger partial charge in [0, 0.05) is 10.6 Å². The van der Waals surface area contributed by atoms with Crippen molar-refractivity contribution in [3.63, 3.8) is 0 Å². The summed E-state index contributed by atoms with van der Waals surface area (Å²) in [6.07, 6.45) is 2.25. The predicted molar refractivity (Wildman–Crippen MR) is 84.0 cm³/mol. The first-order chi connectivity index (χ1) is 9.31. The molecule has 1 unspecified atom stereocenters. The van der Waals surface area contributed by atoms with Crippen molar-refractivity contribution >= 4 is 28.9 Å². The number of halogens is 1. The molecule has 1 aliphatic rings. The van der Waals surface area contributed by atoms with Crippen molar-refractivity contribution in [2.45, 2.75) is 45.2 Å². The average molecular weight is 296 g/mol. The van der Waals surface area contributed by atoms with Crippen LogP contribution in [0.5, 0.6) is 0 Å². The summed E-state index contributed by atoms with van der Waals surface area (Å²) < 4.78 is 0. The quantitative estimate of drug-likeness (QED) is 0.842. The lowest BCUT2D eigenvalue weighted by atomic mass is 10.0. The van der Waals surface area contributed by atoms with E-state index in [0.717, 1.165) is 19.4 Å². The number of benzene rings is 1. The zero-order valence-electron chi connectivity index (χ0n) is 12.2. The lowest BCUT2D eigenvalue weighted by molar-refractivity contribution is -0.122. The van der Waals surface area contributed by atoms with E-state index in [2.05, 4.69) is 24.1 Å². The Kier molecular flexibility index (Phi) is 4.25. The van der Waals surface area contributed by atoms with Crippen molar-refractivity contribution in [3.05, 3.63) is 23.2 Å². The van der Waals surface area contributed by atoms with Crippen LogP contribution >= 0.6 is 11.6 Å². The highest BCUT2D eigenvalue weighted by atomic mass is 35.5. The molecule has 1 atom stereocenters. The molecule has 1 amide bonds. The van der Waals surface area contributed by atoms with Gasteiger partial charge >= 0.3 is 0 Å². The Morgan fingerprint density at radius 1 is 1.50 bits per heavy atom. The maximum absolute atomic E-state index is 12.4. The molecule has 5 heteroatoms. The summed E-state index contributed by atoms with van der Waals surface area (Å²) in [7, 11) is 0. The molecule has 20 heavy (non-hydrogen) atoms. The van der Waals surface area contributed by atoms with Crippen LogP contribution in [0.2, 0.25) is 5.02 Å². The molecule has 1 aromatic rings. The number of anilines is 2. The number of hydrogen-bond donors (Lipinski definition) is 2. The lowest BCUT2D eigenvalue weighted by Gasteiger charge is -2.35. The van der Waals surface area contributed by atoms with Crippen LogP contribution in [0, 0.1) is 0 Å². The van der Waals surface area contributed by atoms with Crippen molar-refractivity contribution in [2.24, 2.45) is 0 Å². The fraction of sp³-hybridized carbons (Fsp3) is 0.533. The second kappa shape index (κ2) is 5.62. The number of nitrogens with two attached hydrogens (primary N) is 1. The smallest absolute Gasteiger partial charge is 0.241 e. The van der Waals surface area contributed by atoms with E-state index in [9.17, 15) is 4.79 Å². The SMILES string of the molecule is CC(C(=O)Nc1ccc(Cl)cc1N)N1CCCC1(C)C. The Labute approximate surface area is 125 Å². The summed E-state index contributed by atoms with van der Waals surface area (Å²) in [6.45, 7) is 7.26. The highest BCUT2D eigenvalue weighted by Crippen LogP contribution is 2.31. The van der Waals surface area contributed by atoms with Gasteiger partial charge in [-0.1, -0.05) is 11.6 Å². The summed E-state index contributed by atoms with van der Waals surface area (Å²) in [6, 6.07) is 4.92. The van der Waals surface area contributed by atoms with Crippen LogP contribution in [-0.4, -0.2) is 28.9 Å². The summed E-state index contributed by atoms with van der Waals surface area (Å²) in [5.41, 5.74) is 7.03. The van der Waals surface area contributed by atoms with Crippen molar-refractivity contribution in [2.75, 3.05) is 17.6 Å². The van der Waals surface area contributed by atoms with Gasteiger partial charge in [-0.25, -0.2) is 0 Å². The molecular formula is C15H22ClN3O. The first kappa shape index (κ1) is 15.1. The van der Waals surface area contributed by atoms with Gasteiger partial charge in [0.15, 0.2) is 0 Å². The minimum atomic E-state index is -0.178. The Morgan fingerprint density at radius 2 is 2.20 bits per heavy atom. The summed E-state index contributed by atoms with van der Waals surface area (Å²) in [4.78, 5) is 14.6. The summed E-state index contributed by atoms with van der Waals surface area (Å²) in [5, 5.41) is 3.45. The molecule has 110 valence electrons. The van der Waals surface area contributed by atoms with E-state index in [-0.39, 0.29) is 17.5 Å². The van der Waals surface area contributed by atoms with E-state index < -0.39 is 0 Å². The largest absolute Gasteiger partial charge is 0.397 e. The van der Waals surface area contributed by atoms with Gasteiger partial charge in [0.2, 0.25) is 5.91 Å². The molecule has 1 fully saturated rings. The van der Waals surface area contributed by atoms with Crippen LogP contribution < -0.4 is 11.1 Å². The van der Waals surface area contributed by atoms with Gasteiger partial charge in [-0.2, -0.15) is 0 Å². The van der Waals surface area contributed by atoms with Gasteiger partial charge in [-0.3, -0.25) is 9.69 Å². The molecule has 0 aliphatic carbocycles.